The summed E-state index contributed by atoms with van der Waals surface area (Å²) in [6.07, 6.45) is 1.57. The Hall–Kier alpha value is -2.97. The summed E-state index contributed by atoms with van der Waals surface area (Å²) in [6.45, 7) is 1.45. The van der Waals surface area contributed by atoms with Gasteiger partial charge in [-0.1, -0.05) is 31.2 Å². The van der Waals surface area contributed by atoms with Gasteiger partial charge in [0, 0.05) is 29.2 Å². The fourth-order valence-electron chi connectivity index (χ4n) is 2.66. The van der Waals surface area contributed by atoms with E-state index in [9.17, 15) is 18.0 Å². The van der Waals surface area contributed by atoms with Crippen molar-refractivity contribution in [1.29, 1.82) is 0 Å². The number of nitrogens with one attached hydrogen (secondary N) is 2. The molecule has 27 heavy (non-hydrogen) atoms. The third-order valence-corrected chi connectivity index (χ3v) is 5.48. The number of aromatic amines is 1. The number of ketones is 1. The Kier molecular flexibility index (Phi) is 5.38. The summed E-state index contributed by atoms with van der Waals surface area (Å²) in [5.74, 6) is -1.12. The minimum Gasteiger partial charge on any atom is -0.454 e. The van der Waals surface area contributed by atoms with Gasteiger partial charge in [0.1, 0.15) is 0 Å². The van der Waals surface area contributed by atoms with Crippen molar-refractivity contribution in [2.24, 2.45) is 0 Å². The second kappa shape index (κ2) is 7.73. The normalized spacial score (nSPS) is 11.4. The summed E-state index contributed by atoms with van der Waals surface area (Å²) in [5.41, 5.74) is 1.30. The van der Waals surface area contributed by atoms with Gasteiger partial charge in [0.15, 0.2) is 6.61 Å². The molecule has 2 N–H and O–H groups in total. The van der Waals surface area contributed by atoms with Crippen LogP contribution in [-0.2, 0) is 14.8 Å². The molecule has 0 saturated carbocycles. The third kappa shape index (κ3) is 4.07. The molecule has 0 radical (unpaired) electrons. The van der Waals surface area contributed by atoms with Gasteiger partial charge in [0.05, 0.1) is 10.5 Å². The fourth-order valence-corrected chi connectivity index (χ4v) is 3.74. The lowest BCUT2D eigenvalue weighted by Gasteiger charge is -2.07. The highest BCUT2D eigenvalue weighted by Gasteiger charge is 2.18. The van der Waals surface area contributed by atoms with Crippen LogP contribution in [0.5, 0.6) is 0 Å². The predicted molar refractivity (Wildman–Crippen MR) is 100 cm³/mol. The van der Waals surface area contributed by atoms with Gasteiger partial charge in [-0.3, -0.25) is 4.79 Å². The first kappa shape index (κ1) is 18.8. The van der Waals surface area contributed by atoms with Crippen LogP contribution in [0.1, 0.15) is 27.6 Å². The van der Waals surface area contributed by atoms with Crippen LogP contribution in [-0.4, -0.2) is 38.3 Å². The van der Waals surface area contributed by atoms with Crippen molar-refractivity contribution in [3.05, 3.63) is 65.9 Å². The van der Waals surface area contributed by atoms with Gasteiger partial charge in [-0.15, -0.1) is 0 Å². The SMILES string of the molecule is CCNS(=O)(=O)c1cccc(C(=O)OCC(=O)c2c[nH]c3ccccc23)c1. The Morgan fingerprint density at radius 1 is 1.11 bits per heavy atom. The average molecular weight is 386 g/mol. The zero-order chi connectivity index (χ0) is 19.4. The van der Waals surface area contributed by atoms with Gasteiger partial charge in [-0.05, 0) is 24.3 Å². The first-order valence-corrected chi connectivity index (χ1v) is 9.77. The predicted octanol–water partition coefficient (Wildman–Crippen LogP) is 2.51. The van der Waals surface area contributed by atoms with E-state index in [0.717, 1.165) is 10.9 Å². The van der Waals surface area contributed by atoms with E-state index in [0.29, 0.717) is 5.56 Å². The number of para-hydroxylation sites is 1. The Balaban J connectivity index is 1.72. The quantitative estimate of drug-likeness (QED) is 0.479. The molecule has 0 amide bonds. The van der Waals surface area contributed by atoms with Crippen LogP contribution in [0.15, 0.2) is 59.6 Å². The van der Waals surface area contributed by atoms with E-state index in [1.54, 1.807) is 19.2 Å². The summed E-state index contributed by atoms with van der Waals surface area (Å²) < 4.78 is 31.5. The summed E-state index contributed by atoms with van der Waals surface area (Å²) in [4.78, 5) is 27.5. The molecule has 0 saturated heterocycles. The molecule has 0 aliphatic heterocycles. The highest BCUT2D eigenvalue weighted by atomic mass is 32.2. The third-order valence-electron chi connectivity index (χ3n) is 3.94. The van der Waals surface area contributed by atoms with Crippen LogP contribution in [0.4, 0.5) is 0 Å². The number of hydrogen-bond donors (Lipinski definition) is 2. The first-order valence-electron chi connectivity index (χ1n) is 8.28. The van der Waals surface area contributed by atoms with Crippen molar-refractivity contribution in [3.63, 3.8) is 0 Å². The number of ether oxygens (including phenoxy) is 1. The number of aromatic nitrogens is 1. The molecule has 7 nitrogen and oxygen atoms in total. The molecule has 0 spiro atoms. The standard InChI is InChI=1S/C19H18N2O5S/c1-2-21-27(24,25)14-7-5-6-13(10-14)19(23)26-12-18(22)16-11-20-17-9-4-3-8-15(16)17/h3-11,20-21H,2,12H2,1H3. The molecule has 8 heteroatoms. The molecule has 1 aromatic heterocycles. The van der Waals surface area contributed by atoms with Crippen LogP contribution >= 0.6 is 0 Å². The number of rotatable bonds is 7. The average Bonchev–Trinajstić information content (AvgIpc) is 3.10. The van der Waals surface area contributed by atoms with Gasteiger partial charge in [-0.2, -0.15) is 0 Å². The van der Waals surface area contributed by atoms with Crippen molar-refractivity contribution in [1.82, 2.24) is 9.71 Å². The van der Waals surface area contributed by atoms with Crippen molar-refractivity contribution in [3.8, 4) is 0 Å². The number of esters is 1. The molecule has 0 aliphatic carbocycles. The van der Waals surface area contributed by atoms with E-state index in [1.165, 1.54) is 24.3 Å². The Labute approximate surface area is 156 Å². The molecule has 0 fully saturated rings. The molecule has 0 aliphatic rings. The largest absolute Gasteiger partial charge is 0.454 e. The van der Waals surface area contributed by atoms with Gasteiger partial charge < -0.3 is 9.72 Å². The van der Waals surface area contributed by atoms with Crippen LogP contribution in [0.2, 0.25) is 0 Å². The van der Waals surface area contributed by atoms with Crippen LogP contribution in [0.25, 0.3) is 10.9 Å². The molecular formula is C19H18N2O5S. The van der Waals surface area contributed by atoms with E-state index >= 15 is 0 Å². The lowest BCUT2D eigenvalue weighted by atomic mass is 10.1. The Morgan fingerprint density at radius 2 is 1.89 bits per heavy atom. The van der Waals surface area contributed by atoms with Crippen LogP contribution < -0.4 is 4.72 Å². The first-order chi connectivity index (χ1) is 12.9. The maximum absolute atomic E-state index is 12.4. The number of carbonyl (C=O) groups excluding carboxylic acids is 2. The minimum absolute atomic E-state index is 0.0400. The van der Waals surface area contributed by atoms with E-state index in [1.807, 2.05) is 18.2 Å². The van der Waals surface area contributed by atoms with Crippen LogP contribution in [0.3, 0.4) is 0 Å². The van der Waals surface area contributed by atoms with Crippen molar-refractivity contribution < 1.29 is 22.7 Å². The number of fused-ring (bicyclic) bond motifs is 1. The Bertz CT molecular complexity index is 1100. The molecule has 0 atom stereocenters. The van der Waals surface area contributed by atoms with Gasteiger partial charge in [-0.25, -0.2) is 17.9 Å². The lowest BCUT2D eigenvalue weighted by Crippen LogP contribution is -2.23. The summed E-state index contributed by atoms with van der Waals surface area (Å²) in [7, 11) is -3.69. The molecule has 140 valence electrons. The molecule has 0 unspecified atom stereocenters. The smallest absolute Gasteiger partial charge is 0.338 e. The van der Waals surface area contributed by atoms with Crippen molar-refractivity contribution in [2.45, 2.75) is 11.8 Å². The summed E-state index contributed by atoms with van der Waals surface area (Å²) >= 11 is 0. The fraction of sp³-hybridized carbons (Fsp3) is 0.158. The van der Waals surface area contributed by atoms with E-state index in [4.69, 9.17) is 4.74 Å². The maximum Gasteiger partial charge on any atom is 0.338 e. The molecule has 0 bridgehead atoms. The van der Waals surface area contributed by atoms with Crippen molar-refractivity contribution >= 4 is 32.7 Å². The molecule has 3 aromatic rings. The number of hydrogen-bond acceptors (Lipinski definition) is 5. The van der Waals surface area contributed by atoms with Gasteiger partial charge in [0.2, 0.25) is 15.8 Å². The molecular weight excluding hydrogens is 368 g/mol. The lowest BCUT2D eigenvalue weighted by molar-refractivity contribution is 0.0475. The van der Waals surface area contributed by atoms with Gasteiger partial charge in [0.25, 0.3) is 0 Å². The highest BCUT2D eigenvalue weighted by molar-refractivity contribution is 7.89. The highest BCUT2D eigenvalue weighted by Crippen LogP contribution is 2.18. The van der Waals surface area contributed by atoms with Crippen molar-refractivity contribution in [2.75, 3.05) is 13.2 Å². The number of Topliss-reactive ketones (excluding diaryl/α,β-unsaturated/α-hetero) is 1. The maximum atomic E-state index is 12.4. The second-order valence-corrected chi connectivity index (χ2v) is 7.54. The summed E-state index contributed by atoms with van der Waals surface area (Å²) in [6, 6.07) is 12.8. The molecule has 2 aromatic carbocycles. The van der Waals surface area contributed by atoms with Crippen LogP contribution in [0, 0.1) is 0 Å². The molecule has 1 heterocycles. The van der Waals surface area contributed by atoms with E-state index in [2.05, 4.69) is 9.71 Å². The number of benzene rings is 2. The number of sulfonamides is 1. The minimum atomic E-state index is -3.69. The zero-order valence-corrected chi connectivity index (χ0v) is 15.4. The Morgan fingerprint density at radius 3 is 2.67 bits per heavy atom. The van der Waals surface area contributed by atoms with Gasteiger partial charge >= 0.3 is 5.97 Å². The topological polar surface area (TPSA) is 105 Å². The zero-order valence-electron chi connectivity index (χ0n) is 14.6. The monoisotopic (exact) mass is 386 g/mol. The number of carbonyl (C=O) groups is 2. The second-order valence-electron chi connectivity index (χ2n) is 5.78. The molecule has 3 rings (SSSR count). The number of H-pyrrole nitrogens is 1. The van der Waals surface area contributed by atoms with E-state index < -0.39 is 22.6 Å². The van der Waals surface area contributed by atoms with E-state index in [-0.39, 0.29) is 22.8 Å². The summed E-state index contributed by atoms with van der Waals surface area (Å²) in [5, 5.41) is 0.747.